The third-order valence-electron chi connectivity index (χ3n) is 6.85. The second kappa shape index (κ2) is 8.62. The number of anilines is 1. The smallest absolute Gasteiger partial charge is 0.247 e. The maximum atomic E-state index is 14.1. The minimum Gasteiger partial charge on any atom is -0.330 e. The van der Waals surface area contributed by atoms with Gasteiger partial charge in [0.25, 0.3) is 0 Å². The average molecular weight is 476 g/mol. The van der Waals surface area contributed by atoms with Gasteiger partial charge in [-0.3, -0.25) is 14.5 Å². The van der Waals surface area contributed by atoms with Crippen LogP contribution in [0.15, 0.2) is 66.9 Å². The van der Waals surface area contributed by atoms with Crippen LogP contribution in [-0.2, 0) is 9.59 Å². The minimum absolute atomic E-state index is 0.0429. The lowest BCUT2D eigenvalue weighted by atomic mass is 9.94. The van der Waals surface area contributed by atoms with E-state index in [2.05, 4.69) is 41.8 Å². The van der Waals surface area contributed by atoms with Crippen LogP contribution in [0.4, 0.5) is 5.69 Å². The molecule has 2 aliphatic rings. The van der Waals surface area contributed by atoms with Gasteiger partial charge in [-0.05, 0) is 63.4 Å². The molecule has 1 saturated carbocycles. The van der Waals surface area contributed by atoms with Crippen molar-refractivity contribution in [3.05, 3.63) is 83.7 Å². The monoisotopic (exact) mass is 475 g/mol. The van der Waals surface area contributed by atoms with E-state index in [1.54, 1.807) is 4.90 Å². The number of aryl methyl sites for hydroxylation is 1. The molecule has 0 N–H and O–H groups in total. The molecule has 2 amide bonds. The number of fused-ring (bicyclic) bond motifs is 3. The minimum atomic E-state index is -0.713. The molecular weight excluding hydrogens is 446 g/mol. The molecule has 5 rings (SSSR count). The molecule has 0 radical (unpaired) electrons. The predicted octanol–water partition coefficient (Wildman–Crippen LogP) is 5.48. The molecule has 2 aromatic carbocycles. The van der Waals surface area contributed by atoms with Crippen LogP contribution in [-0.4, -0.2) is 39.7 Å². The van der Waals surface area contributed by atoms with Crippen LogP contribution in [0.1, 0.15) is 49.6 Å². The van der Waals surface area contributed by atoms with Gasteiger partial charge in [-0.2, -0.15) is 0 Å². The van der Waals surface area contributed by atoms with Crippen LogP contribution >= 0.6 is 11.6 Å². The molecule has 176 valence electrons. The molecule has 1 fully saturated rings. The number of para-hydroxylation sites is 2. The molecule has 1 atom stereocenters. The summed E-state index contributed by atoms with van der Waals surface area (Å²) in [6.07, 6.45) is 3.90. The van der Waals surface area contributed by atoms with E-state index in [9.17, 15) is 9.59 Å². The Hall–Kier alpha value is -3.05. The molecule has 0 bridgehead atoms. The summed E-state index contributed by atoms with van der Waals surface area (Å²) < 4.78 is 2.16. The Morgan fingerprint density at radius 3 is 2.32 bits per heavy atom. The maximum Gasteiger partial charge on any atom is 0.247 e. The zero-order valence-corrected chi connectivity index (χ0v) is 20.6. The number of alkyl halides is 1. The summed E-state index contributed by atoms with van der Waals surface area (Å²) in [5.41, 5.74) is 4.34. The normalized spacial score (nSPS) is 17.2. The van der Waals surface area contributed by atoms with E-state index in [4.69, 9.17) is 11.6 Å². The Kier molecular flexibility index (Phi) is 5.76. The molecule has 1 aliphatic carbocycles. The predicted molar refractivity (Wildman–Crippen MR) is 136 cm³/mol. The van der Waals surface area contributed by atoms with Gasteiger partial charge in [0.1, 0.15) is 12.6 Å². The summed E-state index contributed by atoms with van der Waals surface area (Å²) in [7, 11) is 0. The number of carbonyl (C=O) groups is 2. The van der Waals surface area contributed by atoms with Crippen molar-refractivity contribution >= 4 is 29.1 Å². The first-order valence-corrected chi connectivity index (χ1v) is 12.4. The van der Waals surface area contributed by atoms with Crippen LogP contribution in [0.5, 0.6) is 0 Å². The highest BCUT2D eigenvalue weighted by Crippen LogP contribution is 2.43. The average Bonchev–Trinajstić information content (AvgIpc) is 3.57. The fourth-order valence-corrected chi connectivity index (χ4v) is 4.86. The quantitative estimate of drug-likeness (QED) is 0.443. The zero-order chi connectivity index (χ0) is 24.0. The molecule has 2 heterocycles. The third kappa shape index (κ3) is 3.92. The van der Waals surface area contributed by atoms with Gasteiger partial charge >= 0.3 is 0 Å². The van der Waals surface area contributed by atoms with Crippen molar-refractivity contribution in [2.45, 2.75) is 45.7 Å². The SMILES string of the molecule is Cc1ccc(C2c3cccn3-c3ccccc3N2C(=O)CN(C(=O)C(C)(C)CCl)C2CC2)cc1. The Balaban J connectivity index is 1.58. The van der Waals surface area contributed by atoms with Gasteiger partial charge in [0, 0.05) is 18.1 Å². The fourth-order valence-electron chi connectivity index (χ4n) is 4.75. The highest BCUT2D eigenvalue weighted by Gasteiger charge is 2.43. The molecule has 1 aliphatic heterocycles. The van der Waals surface area contributed by atoms with E-state index in [-0.39, 0.29) is 36.3 Å². The summed E-state index contributed by atoms with van der Waals surface area (Å²) >= 11 is 6.12. The van der Waals surface area contributed by atoms with E-state index >= 15 is 0 Å². The molecule has 34 heavy (non-hydrogen) atoms. The molecule has 5 nitrogen and oxygen atoms in total. The summed E-state index contributed by atoms with van der Waals surface area (Å²) in [5.74, 6) is 0.0740. The van der Waals surface area contributed by atoms with Crippen molar-refractivity contribution in [3.8, 4) is 5.69 Å². The van der Waals surface area contributed by atoms with Crippen LogP contribution in [0.25, 0.3) is 5.69 Å². The Labute approximate surface area is 205 Å². The molecule has 0 spiro atoms. The summed E-state index contributed by atoms with van der Waals surface area (Å²) in [6.45, 7) is 5.80. The number of halogens is 1. The summed E-state index contributed by atoms with van der Waals surface area (Å²) in [4.78, 5) is 31.1. The van der Waals surface area contributed by atoms with Gasteiger partial charge in [0.2, 0.25) is 11.8 Å². The van der Waals surface area contributed by atoms with Crippen molar-refractivity contribution in [2.75, 3.05) is 17.3 Å². The van der Waals surface area contributed by atoms with Crippen molar-refractivity contribution in [3.63, 3.8) is 0 Å². The Bertz CT molecular complexity index is 1230. The number of carbonyl (C=O) groups excluding carboxylic acids is 2. The number of rotatable bonds is 6. The van der Waals surface area contributed by atoms with Crippen molar-refractivity contribution in [1.82, 2.24) is 9.47 Å². The summed E-state index contributed by atoms with van der Waals surface area (Å²) in [5, 5.41) is 0. The van der Waals surface area contributed by atoms with Crippen LogP contribution in [0.3, 0.4) is 0 Å². The molecule has 1 aromatic heterocycles. The van der Waals surface area contributed by atoms with Crippen molar-refractivity contribution < 1.29 is 9.59 Å². The second-order valence-corrected chi connectivity index (χ2v) is 10.3. The van der Waals surface area contributed by atoms with E-state index < -0.39 is 5.41 Å². The molecule has 3 aromatic rings. The van der Waals surface area contributed by atoms with Crippen LogP contribution in [0, 0.1) is 12.3 Å². The first-order valence-electron chi connectivity index (χ1n) is 11.8. The lowest BCUT2D eigenvalue weighted by Gasteiger charge is -2.40. The number of aromatic nitrogens is 1. The van der Waals surface area contributed by atoms with E-state index in [1.807, 2.05) is 55.3 Å². The molecule has 6 heteroatoms. The maximum absolute atomic E-state index is 14.1. The molecular formula is C28H30ClN3O2. The van der Waals surface area contributed by atoms with Gasteiger partial charge in [0.15, 0.2) is 0 Å². The number of hydrogen-bond acceptors (Lipinski definition) is 2. The van der Waals surface area contributed by atoms with Gasteiger partial charge in [-0.1, -0.05) is 42.0 Å². The molecule has 0 saturated heterocycles. The first-order chi connectivity index (χ1) is 16.3. The zero-order valence-electron chi connectivity index (χ0n) is 19.9. The highest BCUT2D eigenvalue weighted by atomic mass is 35.5. The van der Waals surface area contributed by atoms with Crippen molar-refractivity contribution in [2.24, 2.45) is 5.41 Å². The van der Waals surface area contributed by atoms with Crippen LogP contribution < -0.4 is 4.90 Å². The van der Waals surface area contributed by atoms with E-state index in [0.717, 1.165) is 35.5 Å². The van der Waals surface area contributed by atoms with Crippen molar-refractivity contribution in [1.29, 1.82) is 0 Å². The van der Waals surface area contributed by atoms with Crippen LogP contribution in [0.2, 0.25) is 0 Å². The third-order valence-corrected chi connectivity index (χ3v) is 7.52. The Morgan fingerprint density at radius 2 is 1.68 bits per heavy atom. The standard InChI is InChI=1S/C28H30ClN3O2/c1-19-10-12-20(13-11-19)26-24-9-6-16-30(24)22-7-4-5-8-23(22)32(26)25(33)17-31(21-14-15-21)27(34)28(2,3)18-29/h4-13,16,21,26H,14-15,17-18H2,1-3H3. The van der Waals surface area contributed by atoms with E-state index in [0.29, 0.717) is 0 Å². The fraction of sp³-hybridized carbons (Fsp3) is 0.357. The number of nitrogens with zero attached hydrogens (tertiary/aromatic N) is 3. The number of amides is 2. The van der Waals surface area contributed by atoms with Gasteiger partial charge in [-0.15, -0.1) is 11.6 Å². The highest BCUT2D eigenvalue weighted by molar-refractivity contribution is 6.20. The second-order valence-electron chi connectivity index (χ2n) is 10.1. The van der Waals surface area contributed by atoms with Gasteiger partial charge in [0.05, 0.1) is 22.5 Å². The first kappa shape index (κ1) is 22.7. The topological polar surface area (TPSA) is 45.6 Å². The van der Waals surface area contributed by atoms with Gasteiger partial charge in [-0.25, -0.2) is 0 Å². The molecule has 1 unspecified atom stereocenters. The summed E-state index contributed by atoms with van der Waals surface area (Å²) in [6, 6.07) is 20.2. The lowest BCUT2D eigenvalue weighted by Crippen LogP contribution is -2.50. The lowest BCUT2D eigenvalue weighted by molar-refractivity contribution is -0.142. The largest absolute Gasteiger partial charge is 0.330 e. The number of benzene rings is 2. The van der Waals surface area contributed by atoms with Gasteiger partial charge < -0.3 is 9.47 Å². The van der Waals surface area contributed by atoms with E-state index in [1.165, 1.54) is 5.56 Å². The Morgan fingerprint density at radius 1 is 1.00 bits per heavy atom. The number of hydrogen-bond donors (Lipinski definition) is 0.